The van der Waals surface area contributed by atoms with Crippen molar-refractivity contribution in [2.24, 2.45) is 0 Å². The van der Waals surface area contributed by atoms with Gasteiger partial charge in [0.1, 0.15) is 0 Å². The van der Waals surface area contributed by atoms with Crippen LogP contribution >= 0.6 is 0 Å². The third-order valence-electron chi connectivity index (χ3n) is 6.68. The highest BCUT2D eigenvalue weighted by molar-refractivity contribution is 5.16. The van der Waals surface area contributed by atoms with Crippen LogP contribution in [0.2, 0.25) is 0 Å². The molecule has 0 atom stereocenters. The monoisotopic (exact) mass is 561 g/mol. The van der Waals surface area contributed by atoms with Gasteiger partial charge in [-0.25, -0.2) is 0 Å². The predicted octanol–water partition coefficient (Wildman–Crippen LogP) is 7.18. The summed E-state index contributed by atoms with van der Waals surface area (Å²) in [5, 5.41) is 0. The van der Waals surface area contributed by atoms with E-state index in [9.17, 15) is 0 Å². The van der Waals surface area contributed by atoms with Crippen LogP contribution in [0.3, 0.4) is 0 Å². The topological polar surface area (TPSA) is 0 Å². The first-order valence-corrected chi connectivity index (χ1v) is 16.3. The molecule has 0 saturated carbocycles. The molecule has 0 fully saturated rings. The van der Waals surface area contributed by atoms with E-state index in [1.807, 2.05) is 0 Å². The Kier molecular flexibility index (Phi) is 16.8. The Hall–Kier alpha value is -0.830. The van der Waals surface area contributed by atoms with Gasteiger partial charge < -0.3 is 0 Å². The van der Waals surface area contributed by atoms with Crippen molar-refractivity contribution >= 4 is 0 Å². The van der Waals surface area contributed by atoms with Gasteiger partial charge in [0, 0.05) is 0 Å². The number of aryl methyl sites for hydroxylation is 2. The highest BCUT2D eigenvalue weighted by atomic mass is 127. The quantitative estimate of drug-likeness (QED) is 0.119. The first kappa shape index (κ1) is 28.4. The maximum Gasteiger partial charge on any atom is 0.357 e. The lowest BCUT2D eigenvalue weighted by molar-refractivity contribution is -0.597. The smallest absolute Gasteiger partial charge is 0.0654 e. The third-order valence-corrected chi connectivity index (χ3v) is 9.37. The summed E-state index contributed by atoms with van der Waals surface area (Å²) < 4.78 is 3.09. The Bertz CT molecular complexity index is 624. The zero-order valence-electron chi connectivity index (χ0n) is 21.7. The van der Waals surface area contributed by atoms with E-state index in [-0.39, 0.29) is 21.2 Å². The lowest BCUT2D eigenvalue weighted by Crippen LogP contribution is -3.61. The summed E-state index contributed by atoms with van der Waals surface area (Å²) in [5.41, 5.74) is 3.05. The van der Waals surface area contributed by atoms with Crippen LogP contribution in [-0.2, 0) is 12.8 Å². The van der Waals surface area contributed by atoms with Gasteiger partial charge in [-0.2, -0.15) is 0 Å². The normalized spacial score (nSPS) is 11.2. The molecule has 33 heavy (non-hydrogen) atoms. The van der Waals surface area contributed by atoms with Gasteiger partial charge in [0.2, 0.25) is 0 Å². The Morgan fingerprint density at radius 1 is 0.394 bits per heavy atom. The molecule has 0 aliphatic heterocycles. The van der Waals surface area contributed by atoms with E-state index < -0.39 is 0 Å². The van der Waals surface area contributed by atoms with Crippen LogP contribution in [0.5, 0.6) is 0 Å². The minimum absolute atomic E-state index is 0.0519. The van der Waals surface area contributed by atoms with Crippen LogP contribution < -0.4 is 21.2 Å². The van der Waals surface area contributed by atoms with Gasteiger partial charge in [0.15, 0.2) is 7.14 Å². The van der Waals surface area contributed by atoms with Crippen molar-refractivity contribution in [3.63, 3.8) is 0 Å². The zero-order chi connectivity index (χ0) is 23.4. The second-order valence-electron chi connectivity index (χ2n) is 9.80. The molecule has 0 unspecified atom stereocenters. The molecule has 1 heteroatoms. The average molecular weight is 562 g/mol. The van der Waals surface area contributed by atoms with Crippen LogP contribution in [0.1, 0.15) is 128 Å². The number of unbranched alkanes of at least 4 members (excludes halogenated alkanes) is 14. The minimum atomic E-state index is -0.0519. The van der Waals surface area contributed by atoms with Gasteiger partial charge in [-0.05, 0) is 61.1 Å². The largest absolute Gasteiger partial charge is 0.357 e. The SMILES string of the molecule is CCCCCCCCCCc1ccc([I+]c2ccc(CCCCCCCCCC)cc2)cc1. The molecule has 0 spiro atoms. The van der Waals surface area contributed by atoms with Crippen molar-refractivity contribution in [3.05, 3.63) is 66.8 Å². The van der Waals surface area contributed by atoms with Crippen molar-refractivity contribution in [3.8, 4) is 0 Å². The number of hydrogen-bond donors (Lipinski definition) is 0. The minimum Gasteiger partial charge on any atom is -0.0654 e. The number of hydrogen-bond acceptors (Lipinski definition) is 0. The Morgan fingerprint density at radius 2 is 0.697 bits per heavy atom. The molecule has 0 N–H and O–H groups in total. The molecule has 0 aromatic heterocycles. The summed E-state index contributed by atoms with van der Waals surface area (Å²) in [6, 6.07) is 19.1. The number of halogens is 1. The van der Waals surface area contributed by atoms with Crippen molar-refractivity contribution in [1.82, 2.24) is 0 Å². The molecule has 2 rings (SSSR count). The van der Waals surface area contributed by atoms with Crippen molar-refractivity contribution < 1.29 is 21.2 Å². The fourth-order valence-electron chi connectivity index (χ4n) is 4.48. The van der Waals surface area contributed by atoms with Crippen molar-refractivity contribution in [2.45, 2.75) is 129 Å². The van der Waals surface area contributed by atoms with Crippen molar-refractivity contribution in [1.29, 1.82) is 0 Å². The summed E-state index contributed by atoms with van der Waals surface area (Å²) >= 11 is -0.0519. The molecular weight excluding hydrogens is 511 g/mol. The first-order valence-electron chi connectivity index (χ1n) is 14.1. The molecule has 0 amide bonds. The highest BCUT2D eigenvalue weighted by Crippen LogP contribution is 2.12. The van der Waals surface area contributed by atoms with Gasteiger partial charge in [0.25, 0.3) is 0 Å². The van der Waals surface area contributed by atoms with E-state index in [4.69, 9.17) is 0 Å². The molecule has 2 aromatic carbocycles. The van der Waals surface area contributed by atoms with E-state index in [1.165, 1.54) is 127 Å². The summed E-state index contributed by atoms with van der Waals surface area (Å²) in [5.74, 6) is 0. The summed E-state index contributed by atoms with van der Waals surface area (Å²) in [6.45, 7) is 4.59. The van der Waals surface area contributed by atoms with E-state index in [1.54, 1.807) is 7.14 Å². The van der Waals surface area contributed by atoms with Crippen LogP contribution in [0.25, 0.3) is 0 Å². The molecule has 0 aliphatic rings. The second kappa shape index (κ2) is 19.5. The van der Waals surface area contributed by atoms with Crippen LogP contribution in [-0.4, -0.2) is 0 Å². The Morgan fingerprint density at radius 3 is 1.03 bits per heavy atom. The fraction of sp³-hybridized carbons (Fsp3) is 0.625. The number of rotatable bonds is 20. The molecule has 0 heterocycles. The van der Waals surface area contributed by atoms with Crippen LogP contribution in [0.15, 0.2) is 48.5 Å². The average Bonchev–Trinajstić information content (AvgIpc) is 2.84. The van der Waals surface area contributed by atoms with Crippen molar-refractivity contribution in [2.75, 3.05) is 0 Å². The summed E-state index contributed by atoms with van der Waals surface area (Å²) in [7, 11) is 0. The Labute approximate surface area is 216 Å². The zero-order valence-corrected chi connectivity index (χ0v) is 23.9. The third kappa shape index (κ3) is 14.2. The molecule has 184 valence electrons. The lowest BCUT2D eigenvalue weighted by atomic mass is 10.0. The number of benzene rings is 2. The van der Waals surface area contributed by atoms with Gasteiger partial charge in [-0.1, -0.05) is 128 Å². The standard InChI is InChI=1S/C32H50I/c1-3-5-7-9-11-13-15-17-19-29-21-25-31(26-22-29)33-32-27-23-30(24-28-32)20-18-16-14-12-10-8-6-4-2/h21-28H,3-20H2,1-2H3/q+1. The molecule has 0 aliphatic carbocycles. The van der Waals surface area contributed by atoms with Crippen LogP contribution in [0, 0.1) is 7.14 Å². The molecule has 0 bridgehead atoms. The maximum atomic E-state index is 2.39. The summed E-state index contributed by atoms with van der Waals surface area (Å²) in [6.07, 6.45) is 25.0. The highest BCUT2D eigenvalue weighted by Gasteiger charge is 2.15. The predicted molar refractivity (Wildman–Crippen MR) is 143 cm³/mol. The van der Waals surface area contributed by atoms with Gasteiger partial charge >= 0.3 is 21.2 Å². The van der Waals surface area contributed by atoms with Gasteiger partial charge in [-0.15, -0.1) is 0 Å². The fourth-order valence-corrected chi connectivity index (χ4v) is 6.64. The second-order valence-corrected chi connectivity index (χ2v) is 12.8. The van der Waals surface area contributed by atoms with E-state index in [2.05, 4.69) is 62.4 Å². The molecule has 0 saturated heterocycles. The molecule has 2 aromatic rings. The Balaban J connectivity index is 1.57. The molecule has 0 radical (unpaired) electrons. The van der Waals surface area contributed by atoms with E-state index in [0.29, 0.717) is 0 Å². The van der Waals surface area contributed by atoms with E-state index >= 15 is 0 Å². The molecular formula is C32H50I+. The van der Waals surface area contributed by atoms with Gasteiger partial charge in [-0.3, -0.25) is 0 Å². The lowest BCUT2D eigenvalue weighted by Gasteiger charge is -2.03. The summed E-state index contributed by atoms with van der Waals surface area (Å²) in [4.78, 5) is 0. The molecule has 0 nitrogen and oxygen atoms in total. The maximum absolute atomic E-state index is 2.39. The van der Waals surface area contributed by atoms with E-state index in [0.717, 1.165) is 0 Å². The first-order chi connectivity index (χ1) is 16.3. The van der Waals surface area contributed by atoms with Crippen LogP contribution in [0.4, 0.5) is 0 Å². The van der Waals surface area contributed by atoms with Gasteiger partial charge in [0.05, 0.1) is 0 Å².